The second-order valence-corrected chi connectivity index (χ2v) is 5.08. The van der Waals surface area contributed by atoms with Gasteiger partial charge in [-0.05, 0) is 38.5 Å². The number of ether oxygens (including phenoxy) is 2. The van der Waals surface area contributed by atoms with Crippen molar-refractivity contribution in [3.63, 3.8) is 0 Å². The Labute approximate surface area is 123 Å². The molecule has 0 spiro atoms. The fourth-order valence-electron chi connectivity index (χ4n) is 1.91. The lowest BCUT2D eigenvalue weighted by molar-refractivity contribution is -0.118. The lowest BCUT2D eigenvalue weighted by atomic mass is 10.1. The van der Waals surface area contributed by atoms with Crippen molar-refractivity contribution in [1.82, 2.24) is 5.32 Å². The Bertz CT molecular complexity index is 528. The molecular formula is C15H20N2O4. The largest absolute Gasteiger partial charge is 0.482 e. The number of benzene rings is 1. The number of hydrogen-bond donors (Lipinski definition) is 2. The zero-order valence-electron chi connectivity index (χ0n) is 12.3. The molecule has 6 heteroatoms. The van der Waals surface area contributed by atoms with E-state index in [1.807, 2.05) is 13.8 Å². The number of hydrogen-bond acceptors (Lipinski definition) is 4. The molecule has 2 N–H and O–H groups in total. The minimum Gasteiger partial charge on any atom is -0.482 e. The highest BCUT2D eigenvalue weighted by Crippen LogP contribution is 2.28. The van der Waals surface area contributed by atoms with Gasteiger partial charge in [-0.25, -0.2) is 0 Å². The molecular weight excluding hydrogens is 272 g/mol. The van der Waals surface area contributed by atoms with Gasteiger partial charge < -0.3 is 20.1 Å². The van der Waals surface area contributed by atoms with Gasteiger partial charge in [-0.3, -0.25) is 9.59 Å². The minimum absolute atomic E-state index is 0.0232. The fraction of sp³-hybridized carbons (Fsp3) is 0.467. The van der Waals surface area contributed by atoms with Crippen LogP contribution in [0.4, 0.5) is 5.69 Å². The van der Waals surface area contributed by atoms with Crippen LogP contribution < -0.4 is 15.4 Å². The van der Waals surface area contributed by atoms with E-state index in [1.54, 1.807) is 18.2 Å². The van der Waals surface area contributed by atoms with E-state index in [2.05, 4.69) is 10.6 Å². The molecule has 1 aromatic rings. The van der Waals surface area contributed by atoms with Crippen molar-refractivity contribution in [2.24, 2.45) is 0 Å². The van der Waals surface area contributed by atoms with Crippen molar-refractivity contribution in [2.75, 3.05) is 25.1 Å². The molecule has 0 aliphatic carbocycles. The fourth-order valence-corrected chi connectivity index (χ4v) is 1.91. The Hall–Kier alpha value is -2.08. The van der Waals surface area contributed by atoms with Crippen LogP contribution >= 0.6 is 0 Å². The SMILES string of the molecule is CC(C)OCCCNC(=O)c1ccc2c(c1)OCC(=O)N2. The van der Waals surface area contributed by atoms with E-state index in [9.17, 15) is 9.59 Å². The summed E-state index contributed by atoms with van der Waals surface area (Å²) >= 11 is 0. The molecule has 1 aromatic carbocycles. The van der Waals surface area contributed by atoms with E-state index < -0.39 is 0 Å². The molecule has 0 fully saturated rings. The Morgan fingerprint density at radius 2 is 2.29 bits per heavy atom. The molecule has 0 bridgehead atoms. The number of nitrogens with one attached hydrogen (secondary N) is 2. The van der Waals surface area contributed by atoms with E-state index in [-0.39, 0.29) is 24.5 Å². The predicted octanol–water partition coefficient (Wildman–Crippen LogP) is 1.56. The van der Waals surface area contributed by atoms with Crippen LogP contribution in [0, 0.1) is 0 Å². The number of amides is 2. The van der Waals surface area contributed by atoms with E-state index in [4.69, 9.17) is 9.47 Å². The molecule has 0 saturated carbocycles. The number of rotatable bonds is 6. The van der Waals surface area contributed by atoms with Crippen molar-refractivity contribution in [3.8, 4) is 5.75 Å². The minimum atomic E-state index is -0.190. The third-order valence-electron chi connectivity index (χ3n) is 2.93. The second-order valence-electron chi connectivity index (χ2n) is 5.08. The van der Waals surface area contributed by atoms with Gasteiger partial charge in [-0.2, -0.15) is 0 Å². The maximum Gasteiger partial charge on any atom is 0.262 e. The van der Waals surface area contributed by atoms with Gasteiger partial charge in [0.05, 0.1) is 11.8 Å². The lowest BCUT2D eigenvalue weighted by Gasteiger charge is -2.18. The van der Waals surface area contributed by atoms with Crippen LogP contribution in [0.3, 0.4) is 0 Å². The predicted molar refractivity (Wildman–Crippen MR) is 78.6 cm³/mol. The molecule has 1 aliphatic heterocycles. The van der Waals surface area contributed by atoms with Crippen molar-refractivity contribution < 1.29 is 19.1 Å². The zero-order chi connectivity index (χ0) is 15.2. The Morgan fingerprint density at radius 3 is 3.05 bits per heavy atom. The Balaban J connectivity index is 1.84. The van der Waals surface area contributed by atoms with Gasteiger partial charge in [0.25, 0.3) is 11.8 Å². The van der Waals surface area contributed by atoms with Crippen LogP contribution in [0.2, 0.25) is 0 Å². The van der Waals surface area contributed by atoms with Crippen LogP contribution in [0.15, 0.2) is 18.2 Å². The summed E-state index contributed by atoms with van der Waals surface area (Å²) in [5, 5.41) is 5.51. The summed E-state index contributed by atoms with van der Waals surface area (Å²) in [5.41, 5.74) is 1.10. The summed E-state index contributed by atoms with van der Waals surface area (Å²) in [6.07, 6.45) is 0.968. The highest BCUT2D eigenvalue weighted by atomic mass is 16.5. The number of carbonyl (C=O) groups excluding carboxylic acids is 2. The molecule has 1 heterocycles. The van der Waals surface area contributed by atoms with Crippen LogP contribution in [0.1, 0.15) is 30.6 Å². The molecule has 2 rings (SSSR count). The first-order valence-electron chi connectivity index (χ1n) is 7.03. The monoisotopic (exact) mass is 292 g/mol. The molecule has 1 aliphatic rings. The molecule has 0 saturated heterocycles. The lowest BCUT2D eigenvalue weighted by Crippen LogP contribution is -2.27. The third-order valence-corrected chi connectivity index (χ3v) is 2.93. The highest BCUT2D eigenvalue weighted by molar-refractivity contribution is 5.98. The smallest absolute Gasteiger partial charge is 0.262 e. The van der Waals surface area contributed by atoms with Crippen molar-refractivity contribution >= 4 is 17.5 Å². The molecule has 0 radical (unpaired) electrons. The highest BCUT2D eigenvalue weighted by Gasteiger charge is 2.17. The second kappa shape index (κ2) is 7.08. The van der Waals surface area contributed by atoms with Crippen molar-refractivity contribution in [1.29, 1.82) is 0 Å². The summed E-state index contributed by atoms with van der Waals surface area (Å²) in [7, 11) is 0. The summed E-state index contributed by atoms with van der Waals surface area (Å²) in [6.45, 7) is 5.11. The van der Waals surface area contributed by atoms with Gasteiger partial charge in [0.2, 0.25) is 0 Å². The Kier molecular flexibility index (Phi) is 5.16. The van der Waals surface area contributed by atoms with Crippen molar-refractivity contribution in [2.45, 2.75) is 26.4 Å². The molecule has 6 nitrogen and oxygen atoms in total. The average Bonchev–Trinajstić information content (AvgIpc) is 2.45. The van der Waals surface area contributed by atoms with Gasteiger partial charge in [-0.15, -0.1) is 0 Å². The van der Waals surface area contributed by atoms with Crippen molar-refractivity contribution in [3.05, 3.63) is 23.8 Å². The van der Waals surface area contributed by atoms with Crippen LogP contribution in [-0.2, 0) is 9.53 Å². The van der Waals surface area contributed by atoms with Gasteiger partial charge in [-0.1, -0.05) is 0 Å². The molecule has 0 unspecified atom stereocenters. The molecule has 2 amide bonds. The van der Waals surface area contributed by atoms with E-state index >= 15 is 0 Å². The average molecular weight is 292 g/mol. The summed E-state index contributed by atoms with van der Waals surface area (Å²) in [6, 6.07) is 4.96. The molecule has 0 aromatic heterocycles. The summed E-state index contributed by atoms with van der Waals surface area (Å²) < 4.78 is 10.7. The molecule has 21 heavy (non-hydrogen) atoms. The van der Waals surface area contributed by atoms with Gasteiger partial charge in [0.15, 0.2) is 6.61 Å². The first-order valence-corrected chi connectivity index (χ1v) is 7.03. The normalized spacial score (nSPS) is 13.4. The zero-order valence-corrected chi connectivity index (χ0v) is 12.3. The third kappa shape index (κ3) is 4.46. The number of fused-ring (bicyclic) bond motifs is 1. The molecule has 114 valence electrons. The first-order chi connectivity index (χ1) is 10.1. The van der Waals surface area contributed by atoms with Gasteiger partial charge >= 0.3 is 0 Å². The van der Waals surface area contributed by atoms with E-state index in [1.165, 1.54) is 0 Å². The molecule has 0 atom stereocenters. The first kappa shape index (κ1) is 15.3. The van der Waals surface area contributed by atoms with Gasteiger partial charge in [0.1, 0.15) is 5.75 Å². The summed E-state index contributed by atoms with van der Waals surface area (Å²) in [5.74, 6) is 0.165. The van der Waals surface area contributed by atoms with E-state index in [0.717, 1.165) is 6.42 Å². The quantitative estimate of drug-likeness (QED) is 0.780. The maximum absolute atomic E-state index is 12.0. The standard InChI is InChI=1S/C15H20N2O4/c1-10(2)20-7-3-6-16-15(19)11-4-5-12-13(8-11)21-9-14(18)17-12/h4-5,8,10H,3,6-7,9H2,1-2H3,(H,16,19)(H,17,18). The summed E-state index contributed by atoms with van der Waals surface area (Å²) in [4.78, 5) is 23.2. The van der Waals surface area contributed by atoms with E-state index in [0.29, 0.717) is 30.2 Å². The van der Waals surface area contributed by atoms with Gasteiger partial charge in [0, 0.05) is 18.7 Å². The number of anilines is 1. The van der Waals surface area contributed by atoms with Crippen LogP contribution in [0.25, 0.3) is 0 Å². The number of carbonyl (C=O) groups is 2. The van der Waals surface area contributed by atoms with Crippen LogP contribution in [0.5, 0.6) is 5.75 Å². The maximum atomic E-state index is 12.0. The topological polar surface area (TPSA) is 76.7 Å². The van der Waals surface area contributed by atoms with Crippen LogP contribution in [-0.4, -0.2) is 37.7 Å². The Morgan fingerprint density at radius 1 is 1.48 bits per heavy atom.